The van der Waals surface area contributed by atoms with Crippen LogP contribution in [0.25, 0.3) is 0 Å². The first-order chi connectivity index (χ1) is 8.40. The lowest BCUT2D eigenvalue weighted by atomic mass is 9.89. The molecule has 0 saturated heterocycles. The summed E-state index contributed by atoms with van der Waals surface area (Å²) in [6.07, 6.45) is 5.69. The lowest BCUT2D eigenvalue weighted by molar-refractivity contribution is -0.161. The number of rotatable bonds is 3. The first kappa shape index (κ1) is 17.4. The average molecular weight is 258 g/mol. The number of nitrogens with two attached hydrogens (primary N) is 1. The zero-order valence-electron chi connectivity index (χ0n) is 12.4. The zero-order valence-corrected chi connectivity index (χ0v) is 12.4. The Hall–Kier alpha value is -0.610. The summed E-state index contributed by atoms with van der Waals surface area (Å²) in [7, 11) is 1.88. The lowest BCUT2D eigenvalue weighted by Gasteiger charge is -2.25. The number of nitrogens with one attached hydrogen (secondary N) is 1. The minimum atomic E-state index is -0.325. The van der Waals surface area contributed by atoms with Gasteiger partial charge in [-0.05, 0) is 40.7 Å². The van der Waals surface area contributed by atoms with Crippen LogP contribution in [-0.2, 0) is 9.53 Å². The normalized spacial score (nSPS) is 16.7. The van der Waals surface area contributed by atoms with E-state index in [0.29, 0.717) is 0 Å². The third-order valence-corrected chi connectivity index (χ3v) is 2.74. The van der Waals surface area contributed by atoms with Crippen molar-refractivity contribution in [3.63, 3.8) is 0 Å². The van der Waals surface area contributed by atoms with Gasteiger partial charge in [0.1, 0.15) is 5.60 Å². The van der Waals surface area contributed by atoms with Crippen molar-refractivity contribution in [2.45, 2.75) is 58.5 Å². The maximum atomic E-state index is 11.6. The molecule has 0 amide bonds. The molecule has 1 saturated carbocycles. The van der Waals surface area contributed by atoms with E-state index < -0.39 is 0 Å². The van der Waals surface area contributed by atoms with Crippen LogP contribution in [0.5, 0.6) is 0 Å². The summed E-state index contributed by atoms with van der Waals surface area (Å²) in [6.45, 7) is 7.42. The maximum Gasteiger partial charge on any atom is 0.309 e. The van der Waals surface area contributed by atoms with Crippen molar-refractivity contribution in [3.05, 3.63) is 0 Å². The first-order valence-electron chi connectivity index (χ1n) is 6.98. The Morgan fingerprint density at radius 3 is 2.17 bits per heavy atom. The minimum Gasteiger partial charge on any atom is -0.460 e. The van der Waals surface area contributed by atoms with Crippen LogP contribution in [0, 0.1) is 5.92 Å². The fraction of sp³-hybridized carbons (Fsp3) is 0.929. The minimum absolute atomic E-state index is 0.00667. The smallest absolute Gasteiger partial charge is 0.309 e. The van der Waals surface area contributed by atoms with Crippen LogP contribution in [0.15, 0.2) is 0 Å². The Labute approximate surface area is 112 Å². The van der Waals surface area contributed by atoms with E-state index in [-0.39, 0.29) is 17.5 Å². The summed E-state index contributed by atoms with van der Waals surface area (Å²) < 4.78 is 5.34. The van der Waals surface area contributed by atoms with Gasteiger partial charge in [0, 0.05) is 13.1 Å². The fourth-order valence-electron chi connectivity index (χ4n) is 1.87. The first-order valence-corrected chi connectivity index (χ1v) is 6.98. The molecule has 0 aromatic rings. The average Bonchev–Trinajstić information content (AvgIpc) is 2.30. The molecule has 0 atom stereocenters. The number of ether oxygens (including phenoxy) is 1. The molecule has 1 aliphatic carbocycles. The Morgan fingerprint density at radius 1 is 1.28 bits per heavy atom. The summed E-state index contributed by atoms with van der Waals surface area (Å²) >= 11 is 0. The van der Waals surface area contributed by atoms with E-state index in [4.69, 9.17) is 10.5 Å². The number of hydrogen-bond donors (Lipinski definition) is 2. The van der Waals surface area contributed by atoms with Crippen LogP contribution in [0.4, 0.5) is 0 Å². The second-order valence-electron chi connectivity index (χ2n) is 5.76. The highest BCUT2D eigenvalue weighted by Crippen LogP contribution is 2.26. The van der Waals surface area contributed by atoms with E-state index in [0.717, 1.165) is 25.9 Å². The summed E-state index contributed by atoms with van der Waals surface area (Å²) in [6, 6.07) is 0. The molecule has 3 N–H and O–H groups in total. The van der Waals surface area contributed by atoms with Gasteiger partial charge in [-0.1, -0.05) is 19.3 Å². The fourth-order valence-corrected chi connectivity index (χ4v) is 1.87. The SMILES string of the molecule is CC(C)(C)OC(=O)C1CCCCC1.CNCCN. The van der Waals surface area contributed by atoms with E-state index in [1.165, 1.54) is 19.3 Å². The Bertz CT molecular complexity index is 216. The van der Waals surface area contributed by atoms with Gasteiger partial charge in [0.2, 0.25) is 0 Å². The molecular weight excluding hydrogens is 228 g/mol. The van der Waals surface area contributed by atoms with Gasteiger partial charge in [0.05, 0.1) is 5.92 Å². The number of likely N-dealkylation sites (N-methyl/N-ethyl adjacent to an activating group) is 1. The standard InChI is InChI=1S/C11H20O2.C3H10N2/c1-11(2,3)13-10(12)9-7-5-4-6-8-9;1-5-3-2-4/h9H,4-8H2,1-3H3;5H,2-4H2,1H3. The number of hydrogen-bond acceptors (Lipinski definition) is 4. The Kier molecular flexibility index (Phi) is 9.02. The molecule has 0 bridgehead atoms. The van der Waals surface area contributed by atoms with E-state index in [1.807, 2.05) is 27.8 Å². The predicted molar refractivity (Wildman–Crippen MR) is 75.4 cm³/mol. The Balaban J connectivity index is 0.000000494. The molecule has 0 spiro atoms. The van der Waals surface area contributed by atoms with Gasteiger partial charge in [-0.15, -0.1) is 0 Å². The molecule has 0 heterocycles. The van der Waals surface area contributed by atoms with E-state index in [9.17, 15) is 4.79 Å². The summed E-state index contributed by atoms with van der Waals surface area (Å²) in [4.78, 5) is 11.6. The molecule has 1 fully saturated rings. The van der Waals surface area contributed by atoms with Gasteiger partial charge in [0.25, 0.3) is 0 Å². The van der Waals surface area contributed by atoms with Gasteiger partial charge >= 0.3 is 5.97 Å². The monoisotopic (exact) mass is 258 g/mol. The van der Waals surface area contributed by atoms with E-state index in [2.05, 4.69) is 5.32 Å². The third-order valence-electron chi connectivity index (χ3n) is 2.74. The second-order valence-corrected chi connectivity index (χ2v) is 5.76. The molecule has 0 aliphatic heterocycles. The van der Waals surface area contributed by atoms with E-state index in [1.54, 1.807) is 0 Å². The molecular formula is C14H30N2O2. The molecule has 4 nitrogen and oxygen atoms in total. The van der Waals surface area contributed by atoms with E-state index >= 15 is 0 Å². The van der Waals surface area contributed by atoms with Crippen LogP contribution in [0.2, 0.25) is 0 Å². The van der Waals surface area contributed by atoms with Gasteiger partial charge in [-0.2, -0.15) is 0 Å². The van der Waals surface area contributed by atoms with Crippen molar-refractivity contribution in [3.8, 4) is 0 Å². The molecule has 0 aromatic heterocycles. The molecule has 1 aliphatic rings. The Morgan fingerprint density at radius 2 is 1.83 bits per heavy atom. The molecule has 0 unspecified atom stereocenters. The van der Waals surface area contributed by atoms with Crippen LogP contribution in [0.1, 0.15) is 52.9 Å². The highest BCUT2D eigenvalue weighted by molar-refractivity contribution is 5.72. The van der Waals surface area contributed by atoms with Crippen molar-refractivity contribution >= 4 is 5.97 Å². The van der Waals surface area contributed by atoms with Crippen LogP contribution in [-0.4, -0.2) is 31.7 Å². The summed E-state index contributed by atoms with van der Waals surface area (Å²) in [5.41, 5.74) is 4.75. The van der Waals surface area contributed by atoms with Crippen LogP contribution >= 0.6 is 0 Å². The quantitative estimate of drug-likeness (QED) is 0.761. The maximum absolute atomic E-state index is 11.6. The zero-order chi connectivity index (χ0) is 14.0. The molecule has 108 valence electrons. The highest BCUT2D eigenvalue weighted by Gasteiger charge is 2.26. The predicted octanol–water partition coefficient (Wildman–Crippen LogP) is 2.07. The van der Waals surface area contributed by atoms with Crippen molar-refractivity contribution < 1.29 is 9.53 Å². The summed E-state index contributed by atoms with van der Waals surface area (Å²) in [5.74, 6) is 0.181. The highest BCUT2D eigenvalue weighted by atomic mass is 16.6. The van der Waals surface area contributed by atoms with Crippen molar-refractivity contribution in [1.29, 1.82) is 0 Å². The molecule has 18 heavy (non-hydrogen) atoms. The lowest BCUT2D eigenvalue weighted by Crippen LogP contribution is -2.29. The summed E-state index contributed by atoms with van der Waals surface area (Å²) in [5, 5.41) is 2.89. The van der Waals surface area contributed by atoms with Crippen molar-refractivity contribution in [1.82, 2.24) is 5.32 Å². The molecule has 0 aromatic carbocycles. The number of esters is 1. The topological polar surface area (TPSA) is 64.3 Å². The van der Waals surface area contributed by atoms with Gasteiger partial charge in [0.15, 0.2) is 0 Å². The number of carbonyl (C=O) groups excluding carboxylic acids is 1. The largest absolute Gasteiger partial charge is 0.460 e. The number of carbonyl (C=O) groups is 1. The van der Waals surface area contributed by atoms with Gasteiger partial charge in [-0.3, -0.25) is 4.79 Å². The third kappa shape index (κ3) is 9.42. The molecule has 1 rings (SSSR count). The van der Waals surface area contributed by atoms with Gasteiger partial charge < -0.3 is 15.8 Å². The molecule has 4 heteroatoms. The molecule has 0 radical (unpaired) electrons. The van der Waals surface area contributed by atoms with Crippen molar-refractivity contribution in [2.24, 2.45) is 11.7 Å². The van der Waals surface area contributed by atoms with Crippen LogP contribution in [0.3, 0.4) is 0 Å². The van der Waals surface area contributed by atoms with Crippen molar-refractivity contribution in [2.75, 3.05) is 20.1 Å². The van der Waals surface area contributed by atoms with Crippen LogP contribution < -0.4 is 11.1 Å². The van der Waals surface area contributed by atoms with Gasteiger partial charge in [-0.25, -0.2) is 0 Å². The second kappa shape index (κ2) is 9.34.